The quantitative estimate of drug-likeness (QED) is 0.521. The van der Waals surface area contributed by atoms with Gasteiger partial charge in [-0.1, -0.05) is 32.9 Å². The first-order valence-corrected chi connectivity index (χ1v) is 11.9. The van der Waals surface area contributed by atoms with Gasteiger partial charge in [-0.2, -0.15) is 0 Å². The maximum atomic E-state index is 13.0. The van der Waals surface area contributed by atoms with Crippen molar-refractivity contribution in [2.45, 2.75) is 65.5 Å². The Balaban J connectivity index is 0.000000945. The Morgan fingerprint density at radius 1 is 1.32 bits per heavy atom. The number of carbonyl (C=O) groups excluding carboxylic acids is 2. The van der Waals surface area contributed by atoms with Crippen LogP contribution in [-0.2, 0) is 21.5 Å². The number of aromatic hydroxyl groups is 1. The van der Waals surface area contributed by atoms with E-state index in [1.54, 1.807) is 12.3 Å². The minimum Gasteiger partial charge on any atom is -0.508 e. The number of nitrogens with one attached hydrogen (secondary N) is 1. The number of amides is 2. The van der Waals surface area contributed by atoms with Crippen molar-refractivity contribution in [3.05, 3.63) is 41.1 Å². The van der Waals surface area contributed by atoms with Crippen LogP contribution < -0.4 is 5.32 Å². The van der Waals surface area contributed by atoms with Crippen molar-refractivity contribution in [1.29, 1.82) is 0 Å². The highest BCUT2D eigenvalue weighted by Gasteiger charge is 2.45. The second-order valence-corrected chi connectivity index (χ2v) is 9.86. The lowest BCUT2D eigenvalue weighted by atomic mass is 9.83. The van der Waals surface area contributed by atoms with E-state index in [2.05, 4.69) is 19.2 Å². The Kier molecular flexibility index (Phi) is 9.27. The van der Waals surface area contributed by atoms with Crippen LogP contribution in [0.5, 0.6) is 5.75 Å². The van der Waals surface area contributed by atoms with Crippen molar-refractivity contribution in [2.24, 2.45) is 11.8 Å². The summed E-state index contributed by atoms with van der Waals surface area (Å²) < 4.78 is 0. The Morgan fingerprint density at radius 3 is 2.50 bits per heavy atom. The fourth-order valence-electron chi connectivity index (χ4n) is 4.35. The average Bonchev–Trinajstić information content (AvgIpc) is 3.17. The number of phenolic OH excluding ortho intramolecular Hbond substituents is 1. The molecule has 2 aliphatic rings. The molecule has 3 atom stereocenters. The summed E-state index contributed by atoms with van der Waals surface area (Å²) in [5, 5.41) is 23.2. The number of nitrogens with zero attached hydrogens (tertiary/aromatic N) is 2. The second-order valence-electron chi connectivity index (χ2n) is 9.86. The molecule has 188 valence electrons. The lowest BCUT2D eigenvalue weighted by Gasteiger charge is -2.42. The van der Waals surface area contributed by atoms with E-state index in [0.29, 0.717) is 25.4 Å². The number of phenols is 1. The van der Waals surface area contributed by atoms with Gasteiger partial charge in [0.25, 0.3) is 0 Å². The number of aliphatic carboxylic acids is 1. The molecule has 2 aliphatic heterocycles. The van der Waals surface area contributed by atoms with Gasteiger partial charge >= 0.3 is 12.0 Å². The Labute approximate surface area is 202 Å². The summed E-state index contributed by atoms with van der Waals surface area (Å²) in [6.45, 7) is 10.9. The van der Waals surface area contributed by atoms with Crippen LogP contribution in [0.2, 0.25) is 0 Å². The number of aryl methyl sites for hydroxylation is 1. The third-order valence-corrected chi connectivity index (χ3v) is 6.68. The van der Waals surface area contributed by atoms with Gasteiger partial charge in [0.2, 0.25) is 0 Å². The summed E-state index contributed by atoms with van der Waals surface area (Å²) in [4.78, 5) is 37.3. The first kappa shape index (κ1) is 27.4. The van der Waals surface area contributed by atoms with Gasteiger partial charge in [-0.15, -0.1) is 0 Å². The summed E-state index contributed by atoms with van der Waals surface area (Å²) in [7, 11) is 1.86. The average molecular weight is 474 g/mol. The van der Waals surface area contributed by atoms with Crippen molar-refractivity contribution in [3.63, 3.8) is 0 Å². The predicted octanol–water partition coefficient (Wildman–Crippen LogP) is 3.74. The van der Waals surface area contributed by atoms with Crippen LogP contribution in [0.1, 0.15) is 58.6 Å². The number of rotatable bonds is 7. The molecule has 1 fully saturated rings. The van der Waals surface area contributed by atoms with Crippen LogP contribution in [0.4, 0.5) is 4.79 Å². The maximum absolute atomic E-state index is 13.0. The van der Waals surface area contributed by atoms with Crippen LogP contribution >= 0.6 is 0 Å². The Hall–Kier alpha value is -2.87. The molecule has 3 rings (SSSR count). The van der Waals surface area contributed by atoms with Crippen LogP contribution in [0.3, 0.4) is 0 Å². The van der Waals surface area contributed by atoms with Crippen LogP contribution in [0, 0.1) is 11.8 Å². The molecule has 0 bridgehead atoms. The minimum atomic E-state index is -0.890. The Morgan fingerprint density at radius 2 is 1.97 bits per heavy atom. The van der Waals surface area contributed by atoms with Gasteiger partial charge in [-0.25, -0.2) is 4.79 Å². The topological polar surface area (TPSA) is 110 Å². The number of hydrogen-bond acceptors (Lipinski definition) is 5. The Bertz CT molecular complexity index is 929. The normalized spacial score (nSPS) is 24.9. The molecule has 3 N–H and O–H groups in total. The molecule has 1 aromatic rings. The van der Waals surface area contributed by atoms with E-state index in [0.717, 1.165) is 35.8 Å². The van der Waals surface area contributed by atoms with Crippen molar-refractivity contribution in [2.75, 3.05) is 20.1 Å². The molecular formula is C26H39N3O5. The lowest BCUT2D eigenvalue weighted by Crippen LogP contribution is -2.57. The SMILES string of the molecule is CC1=CN(C2CN(C)CC2C(=O)O)C(=O)N[C@@]1(C)c1ccc(CCC(C)C)c(O)c1.CCC=O. The number of urea groups is 1. The third-order valence-electron chi connectivity index (χ3n) is 6.68. The summed E-state index contributed by atoms with van der Waals surface area (Å²) in [6, 6.07) is 4.87. The van der Waals surface area contributed by atoms with Gasteiger partial charge in [0.05, 0.1) is 17.5 Å². The van der Waals surface area contributed by atoms with Crippen LogP contribution in [-0.4, -0.2) is 64.5 Å². The number of likely N-dealkylation sites (N-methyl/N-ethyl adjacent to an activating group) is 1. The minimum absolute atomic E-state index is 0.238. The van der Waals surface area contributed by atoms with Crippen molar-refractivity contribution < 1.29 is 24.6 Å². The number of likely N-dealkylation sites (tertiary alicyclic amines) is 1. The molecule has 1 aromatic carbocycles. The monoisotopic (exact) mass is 473 g/mol. The second kappa shape index (κ2) is 11.5. The first-order chi connectivity index (χ1) is 15.9. The summed E-state index contributed by atoms with van der Waals surface area (Å²) in [6.07, 6.45) is 5.08. The van der Waals surface area contributed by atoms with Gasteiger partial charge in [-0.3, -0.25) is 9.69 Å². The van der Waals surface area contributed by atoms with E-state index >= 15 is 0 Å². The zero-order chi connectivity index (χ0) is 25.6. The lowest BCUT2D eigenvalue weighted by molar-refractivity contribution is -0.142. The molecule has 1 saturated heterocycles. The van der Waals surface area contributed by atoms with E-state index in [4.69, 9.17) is 0 Å². The first-order valence-electron chi connectivity index (χ1n) is 11.9. The molecule has 34 heavy (non-hydrogen) atoms. The highest BCUT2D eigenvalue weighted by atomic mass is 16.4. The smallest absolute Gasteiger partial charge is 0.322 e. The van der Waals surface area contributed by atoms with Crippen molar-refractivity contribution in [1.82, 2.24) is 15.1 Å². The van der Waals surface area contributed by atoms with Gasteiger partial charge in [0.15, 0.2) is 0 Å². The van der Waals surface area contributed by atoms with Gasteiger partial charge < -0.3 is 25.2 Å². The van der Waals surface area contributed by atoms with Crippen molar-refractivity contribution >= 4 is 18.3 Å². The van der Waals surface area contributed by atoms with Crippen LogP contribution in [0.15, 0.2) is 30.0 Å². The fourth-order valence-corrected chi connectivity index (χ4v) is 4.35. The summed E-state index contributed by atoms with van der Waals surface area (Å²) in [5.74, 6) is -0.723. The highest BCUT2D eigenvalue weighted by Crippen LogP contribution is 2.37. The molecule has 0 spiro atoms. The molecule has 0 aromatic heterocycles. The predicted molar refractivity (Wildman–Crippen MR) is 132 cm³/mol. The van der Waals surface area contributed by atoms with E-state index in [1.807, 2.05) is 44.9 Å². The molecular weight excluding hydrogens is 434 g/mol. The highest BCUT2D eigenvalue weighted by molar-refractivity contribution is 5.81. The van der Waals surface area contributed by atoms with Crippen LogP contribution in [0.25, 0.3) is 0 Å². The zero-order valence-electron chi connectivity index (χ0n) is 21.2. The summed E-state index contributed by atoms with van der Waals surface area (Å²) in [5.41, 5.74) is 1.81. The molecule has 0 saturated carbocycles. The van der Waals surface area contributed by atoms with Crippen molar-refractivity contribution in [3.8, 4) is 5.75 Å². The number of hydrogen-bond donors (Lipinski definition) is 3. The van der Waals surface area contributed by atoms with Gasteiger partial charge in [0.1, 0.15) is 12.0 Å². The van der Waals surface area contributed by atoms with E-state index in [-0.39, 0.29) is 11.8 Å². The standard InChI is InChI=1S/C23H33N3O4.C3H6O/c1-14(2)6-7-16-8-9-17(10-20(16)27)23(4)15(3)11-26(22(30)24-23)19-13-25(5)12-18(19)21(28)29;1-2-3-4/h8-11,14,18-19,27H,6-7,12-13H2,1-5H3,(H,24,30)(H,28,29);3H,2H2,1H3/t18?,19?,23-;/m1./s1. The number of carboxylic acid groups (broad SMARTS) is 1. The van der Waals surface area contributed by atoms with Gasteiger partial charge in [-0.05, 0) is 62.4 Å². The van der Waals surface area contributed by atoms with E-state index in [1.165, 1.54) is 4.90 Å². The molecule has 2 amide bonds. The molecule has 2 unspecified atom stereocenters. The molecule has 8 nitrogen and oxygen atoms in total. The van der Waals surface area contributed by atoms with E-state index in [9.17, 15) is 24.6 Å². The molecule has 0 aliphatic carbocycles. The summed E-state index contributed by atoms with van der Waals surface area (Å²) >= 11 is 0. The zero-order valence-corrected chi connectivity index (χ0v) is 21.2. The maximum Gasteiger partial charge on any atom is 0.322 e. The largest absolute Gasteiger partial charge is 0.508 e. The number of carbonyl (C=O) groups is 3. The molecule has 0 radical (unpaired) electrons. The third kappa shape index (κ3) is 6.17. The fraction of sp³-hybridized carbons (Fsp3) is 0.577. The number of aldehydes is 1. The molecule has 8 heteroatoms. The van der Waals surface area contributed by atoms with Gasteiger partial charge in [0, 0.05) is 25.7 Å². The van der Waals surface area contributed by atoms with E-state index < -0.39 is 23.5 Å². The number of benzene rings is 1. The molecule has 2 heterocycles. The number of carboxylic acids is 1.